The van der Waals surface area contributed by atoms with E-state index >= 15 is 0 Å². The zero-order chi connectivity index (χ0) is 24.9. The molecule has 1 fully saturated rings. The molecule has 35 heavy (non-hydrogen) atoms. The van der Waals surface area contributed by atoms with Crippen molar-refractivity contribution in [2.24, 2.45) is 7.05 Å². The van der Waals surface area contributed by atoms with Crippen LogP contribution in [0.25, 0.3) is 22.1 Å². The van der Waals surface area contributed by atoms with Crippen molar-refractivity contribution in [1.29, 1.82) is 0 Å². The molecule has 12 heteroatoms. The molecule has 1 amide bonds. The molecule has 4 heterocycles. The number of anilines is 1. The second kappa shape index (κ2) is 8.63. The lowest BCUT2D eigenvalue weighted by Crippen LogP contribution is -2.38. The van der Waals surface area contributed by atoms with Crippen molar-refractivity contribution in [2.45, 2.75) is 24.9 Å². The quantitative estimate of drug-likeness (QED) is 0.345. The average molecular weight is 497 g/mol. The molecule has 0 bridgehead atoms. The van der Waals surface area contributed by atoms with Crippen molar-refractivity contribution in [3.8, 4) is 11.8 Å². The van der Waals surface area contributed by atoms with E-state index in [0.717, 1.165) is 22.0 Å². The summed E-state index contributed by atoms with van der Waals surface area (Å²) in [4.78, 5) is 25.9. The van der Waals surface area contributed by atoms with Crippen LogP contribution in [0.4, 0.5) is 14.6 Å². The highest BCUT2D eigenvalue weighted by molar-refractivity contribution is 6.32. The van der Waals surface area contributed by atoms with Gasteiger partial charge in [0.1, 0.15) is 17.8 Å². The molecule has 2 atom stereocenters. The molecule has 1 unspecified atom stereocenters. The van der Waals surface area contributed by atoms with Gasteiger partial charge in [-0.3, -0.25) is 4.79 Å². The molecule has 1 aliphatic heterocycles. The van der Waals surface area contributed by atoms with Crippen LogP contribution in [0, 0.1) is 11.8 Å². The number of halogens is 3. The Morgan fingerprint density at radius 3 is 2.86 bits per heavy atom. The molecular weight excluding hydrogens is 478 g/mol. The third-order valence-electron chi connectivity index (χ3n) is 6.06. The first kappa shape index (κ1) is 22.7. The molecule has 1 aromatic carbocycles. The van der Waals surface area contributed by atoms with Gasteiger partial charge in [0.25, 0.3) is 6.43 Å². The normalized spacial score (nSPS) is 17.8. The van der Waals surface area contributed by atoms with Crippen molar-refractivity contribution in [1.82, 2.24) is 34.2 Å². The van der Waals surface area contributed by atoms with Crippen molar-refractivity contribution < 1.29 is 13.6 Å². The van der Waals surface area contributed by atoms with Crippen LogP contribution in [0.15, 0.2) is 37.4 Å². The number of hydrogen-bond donors (Lipinski definition) is 1. The molecular formula is C23H19ClF2N8O. The van der Waals surface area contributed by atoms with Gasteiger partial charge in [-0.25, -0.2) is 28.4 Å². The summed E-state index contributed by atoms with van der Waals surface area (Å²) in [6.07, 6.45) is 1.25. The Kier molecular flexibility index (Phi) is 5.61. The number of amides is 1. The van der Waals surface area contributed by atoms with Crippen molar-refractivity contribution in [3.05, 3.63) is 53.7 Å². The summed E-state index contributed by atoms with van der Waals surface area (Å²) in [5.41, 5.74) is 8.86. The van der Waals surface area contributed by atoms with Gasteiger partial charge in [-0.15, -0.1) is 0 Å². The molecule has 1 saturated heterocycles. The molecule has 3 aromatic heterocycles. The second-order valence-electron chi connectivity index (χ2n) is 8.16. The molecule has 1 aliphatic rings. The van der Waals surface area contributed by atoms with Crippen molar-refractivity contribution in [2.75, 3.05) is 12.3 Å². The molecule has 0 radical (unpaired) electrons. The van der Waals surface area contributed by atoms with Crippen LogP contribution >= 0.6 is 11.6 Å². The summed E-state index contributed by atoms with van der Waals surface area (Å²) in [5.74, 6) is 5.56. The number of carbonyl (C=O) groups is 1. The van der Waals surface area contributed by atoms with Crippen LogP contribution in [0.2, 0.25) is 5.02 Å². The number of aryl methyl sites for hydroxylation is 1. The number of nitrogens with zero attached hydrogens (tertiary/aromatic N) is 7. The maximum absolute atomic E-state index is 13.7. The lowest BCUT2D eigenvalue weighted by Gasteiger charge is -2.21. The summed E-state index contributed by atoms with van der Waals surface area (Å²) in [5, 5.41) is 5.39. The van der Waals surface area contributed by atoms with Gasteiger partial charge in [-0.1, -0.05) is 24.1 Å². The minimum absolute atomic E-state index is 0.00697. The van der Waals surface area contributed by atoms with E-state index in [9.17, 15) is 13.6 Å². The van der Waals surface area contributed by atoms with E-state index in [-0.39, 0.29) is 24.5 Å². The van der Waals surface area contributed by atoms with Gasteiger partial charge < -0.3 is 15.2 Å². The number of aromatic nitrogens is 6. The number of rotatable bonds is 3. The molecule has 4 aromatic rings. The number of benzene rings is 1. The number of nitrogens with two attached hydrogens (primary N) is 1. The Bertz CT molecular complexity index is 1550. The fraction of sp³-hybridized carbons (Fsp3) is 0.261. The third-order valence-corrected chi connectivity index (χ3v) is 6.38. The first-order valence-corrected chi connectivity index (χ1v) is 11.0. The number of alkyl halides is 2. The molecule has 178 valence electrons. The SMILES string of the molecule is C=CC(=O)N1C[C@@H](n2nc(C#Cc3cc4ncn(C)c4cc3Cl)c3c(N)ncnc32)CC1C(F)F. The van der Waals surface area contributed by atoms with Gasteiger partial charge in [0.05, 0.1) is 39.9 Å². The summed E-state index contributed by atoms with van der Waals surface area (Å²) < 4.78 is 30.7. The van der Waals surface area contributed by atoms with Crippen LogP contribution in [0.5, 0.6) is 0 Å². The monoisotopic (exact) mass is 496 g/mol. The Morgan fingerprint density at radius 1 is 1.31 bits per heavy atom. The first-order valence-electron chi connectivity index (χ1n) is 10.6. The van der Waals surface area contributed by atoms with E-state index in [2.05, 4.69) is 38.5 Å². The Morgan fingerprint density at radius 2 is 2.11 bits per heavy atom. The van der Waals surface area contributed by atoms with E-state index in [0.29, 0.717) is 21.6 Å². The largest absolute Gasteiger partial charge is 0.383 e. The summed E-state index contributed by atoms with van der Waals surface area (Å²) in [6.45, 7) is 3.44. The number of carbonyl (C=O) groups excluding carboxylic acids is 1. The Labute approximate surface area is 203 Å². The van der Waals surface area contributed by atoms with Crippen LogP contribution in [-0.4, -0.2) is 59.1 Å². The maximum atomic E-state index is 13.7. The van der Waals surface area contributed by atoms with E-state index < -0.39 is 24.4 Å². The van der Waals surface area contributed by atoms with E-state index in [1.165, 1.54) is 11.0 Å². The summed E-state index contributed by atoms with van der Waals surface area (Å²) in [7, 11) is 1.87. The highest BCUT2D eigenvalue weighted by Crippen LogP contribution is 2.34. The fourth-order valence-electron chi connectivity index (χ4n) is 4.34. The molecule has 0 saturated carbocycles. The predicted molar refractivity (Wildman–Crippen MR) is 127 cm³/mol. The van der Waals surface area contributed by atoms with Gasteiger partial charge in [-0.05, 0) is 30.6 Å². The van der Waals surface area contributed by atoms with Crippen LogP contribution in [0.3, 0.4) is 0 Å². The number of likely N-dealkylation sites (tertiary alicyclic amines) is 1. The van der Waals surface area contributed by atoms with Crippen LogP contribution in [-0.2, 0) is 11.8 Å². The topological polar surface area (TPSA) is 108 Å². The van der Waals surface area contributed by atoms with Gasteiger partial charge >= 0.3 is 0 Å². The standard InChI is InChI=1S/C23H19ClF2N8O/c1-3-19(35)33-9-13(7-18(33)21(25)26)34-23-20(22(27)28-10-29-23)15(31-34)5-4-12-6-16-17(8-14(12)24)32(2)11-30-16/h3,6,8,10-11,13,18,21H,1,7,9H2,2H3,(H2,27,28,29)/t13-,18?/m0/s1. The molecule has 9 nitrogen and oxygen atoms in total. The zero-order valence-electron chi connectivity index (χ0n) is 18.5. The number of imidazole rings is 1. The minimum atomic E-state index is -2.71. The highest BCUT2D eigenvalue weighted by atomic mass is 35.5. The van der Waals surface area contributed by atoms with E-state index in [1.54, 1.807) is 18.5 Å². The second-order valence-corrected chi connectivity index (χ2v) is 8.57. The van der Waals surface area contributed by atoms with Gasteiger partial charge in [-0.2, -0.15) is 5.10 Å². The molecule has 2 N–H and O–H groups in total. The lowest BCUT2D eigenvalue weighted by molar-refractivity contribution is -0.129. The molecule has 5 rings (SSSR count). The predicted octanol–water partition coefficient (Wildman–Crippen LogP) is 2.94. The smallest absolute Gasteiger partial charge is 0.258 e. The third kappa shape index (κ3) is 3.85. The Balaban J connectivity index is 1.58. The Hall–Kier alpha value is -4.04. The van der Waals surface area contributed by atoms with Gasteiger partial charge in [0, 0.05) is 19.2 Å². The van der Waals surface area contributed by atoms with E-state index in [4.69, 9.17) is 17.3 Å². The highest BCUT2D eigenvalue weighted by Gasteiger charge is 2.41. The summed E-state index contributed by atoms with van der Waals surface area (Å²) in [6, 6.07) is 1.73. The molecule has 0 aliphatic carbocycles. The zero-order valence-corrected chi connectivity index (χ0v) is 19.2. The van der Waals surface area contributed by atoms with Crippen molar-refractivity contribution in [3.63, 3.8) is 0 Å². The van der Waals surface area contributed by atoms with Crippen LogP contribution < -0.4 is 5.73 Å². The average Bonchev–Trinajstić information content (AvgIpc) is 3.53. The minimum Gasteiger partial charge on any atom is -0.383 e. The number of hydrogen-bond acceptors (Lipinski definition) is 6. The van der Waals surface area contributed by atoms with Crippen molar-refractivity contribution >= 4 is 45.4 Å². The lowest BCUT2D eigenvalue weighted by atomic mass is 10.1. The number of nitrogen functional groups attached to an aromatic ring is 1. The van der Waals surface area contributed by atoms with E-state index in [1.807, 2.05) is 11.6 Å². The van der Waals surface area contributed by atoms with Crippen LogP contribution in [0.1, 0.15) is 23.7 Å². The maximum Gasteiger partial charge on any atom is 0.258 e. The molecule has 0 spiro atoms. The van der Waals surface area contributed by atoms with Gasteiger partial charge in [0.15, 0.2) is 5.65 Å². The first-order chi connectivity index (χ1) is 16.8. The fourth-order valence-corrected chi connectivity index (χ4v) is 4.54. The number of fused-ring (bicyclic) bond motifs is 2. The van der Waals surface area contributed by atoms with Gasteiger partial charge in [0.2, 0.25) is 5.91 Å². The summed E-state index contributed by atoms with van der Waals surface area (Å²) >= 11 is 6.43.